The fraction of sp³-hybridized carbons (Fsp3) is 0.500. The van der Waals surface area contributed by atoms with Gasteiger partial charge in [0.15, 0.2) is 10.2 Å². The molecule has 4 N–H and O–H groups in total. The van der Waals surface area contributed by atoms with Gasteiger partial charge in [-0.15, -0.1) is 0 Å². The van der Waals surface area contributed by atoms with Crippen molar-refractivity contribution in [2.75, 3.05) is 46.4 Å². The highest BCUT2D eigenvalue weighted by molar-refractivity contribution is 8.27. The summed E-state index contributed by atoms with van der Waals surface area (Å²) in [5.41, 5.74) is 2.23. The Balaban J connectivity index is 1.48. The SMILES string of the molecule is CCC(Cc1c[nH]c2ccccc12)NC(=O)C(=N)SC(=N)N1CCN(CCOC)CC1. The normalized spacial score (nSPS) is 15.7. The Kier molecular flexibility index (Phi) is 8.51. The Hall–Kier alpha value is -2.36. The lowest BCUT2D eigenvalue weighted by Crippen LogP contribution is -2.49. The minimum atomic E-state index is -0.417. The van der Waals surface area contributed by atoms with Crippen LogP contribution in [-0.4, -0.2) is 83.4 Å². The summed E-state index contributed by atoms with van der Waals surface area (Å²) in [7, 11) is 1.70. The number of rotatable bonds is 7. The molecule has 9 heteroatoms. The summed E-state index contributed by atoms with van der Waals surface area (Å²) >= 11 is 0.927. The van der Waals surface area contributed by atoms with Crippen LogP contribution < -0.4 is 5.32 Å². The highest BCUT2D eigenvalue weighted by Crippen LogP contribution is 2.20. The van der Waals surface area contributed by atoms with Crippen LogP contribution in [0.3, 0.4) is 0 Å². The molecule has 3 rings (SSSR count). The third-order valence-corrected chi connectivity index (χ3v) is 6.49. The highest BCUT2D eigenvalue weighted by atomic mass is 32.2. The van der Waals surface area contributed by atoms with Crippen LogP contribution in [0.25, 0.3) is 10.9 Å². The highest BCUT2D eigenvalue weighted by Gasteiger charge is 2.23. The number of ether oxygens (including phenoxy) is 1. The lowest BCUT2D eigenvalue weighted by atomic mass is 10.0. The van der Waals surface area contributed by atoms with Gasteiger partial charge in [-0.1, -0.05) is 25.1 Å². The average Bonchev–Trinajstić information content (AvgIpc) is 3.20. The molecule has 8 nitrogen and oxygen atoms in total. The van der Waals surface area contributed by atoms with Crippen LogP contribution in [0.5, 0.6) is 0 Å². The number of aromatic nitrogens is 1. The van der Waals surface area contributed by atoms with Crippen molar-refractivity contribution in [1.29, 1.82) is 10.8 Å². The van der Waals surface area contributed by atoms with Crippen LogP contribution in [0.4, 0.5) is 0 Å². The van der Waals surface area contributed by atoms with Crippen LogP contribution in [0.15, 0.2) is 30.5 Å². The van der Waals surface area contributed by atoms with Crippen LogP contribution in [0.2, 0.25) is 0 Å². The van der Waals surface area contributed by atoms with Crippen molar-refractivity contribution >= 4 is 38.8 Å². The summed E-state index contributed by atoms with van der Waals surface area (Å²) in [6.45, 7) is 6.78. The first-order valence-electron chi connectivity index (χ1n) is 10.7. The van der Waals surface area contributed by atoms with E-state index in [1.54, 1.807) is 7.11 Å². The van der Waals surface area contributed by atoms with E-state index in [-0.39, 0.29) is 16.3 Å². The Morgan fingerprint density at radius 2 is 2.00 bits per heavy atom. The predicted octanol–water partition coefficient (Wildman–Crippen LogP) is 2.51. The second-order valence-electron chi connectivity index (χ2n) is 7.70. The van der Waals surface area contributed by atoms with Crippen molar-refractivity contribution in [2.45, 2.75) is 25.8 Å². The van der Waals surface area contributed by atoms with E-state index in [4.69, 9.17) is 15.6 Å². The number of aromatic amines is 1. The molecule has 0 spiro atoms. The number of amides is 1. The number of fused-ring (bicyclic) bond motifs is 1. The molecule has 0 radical (unpaired) electrons. The standard InChI is InChI=1S/C22H32N6O2S/c1-3-17(14-16-15-25-19-7-5-4-6-18(16)19)26-21(29)20(23)31-22(24)28-10-8-27(9-11-28)12-13-30-2/h4-7,15,17,23-25H,3,8-14H2,1-2H3,(H,26,29). The fourth-order valence-corrected chi connectivity index (χ4v) is 4.37. The minimum absolute atomic E-state index is 0.0637. The van der Waals surface area contributed by atoms with Gasteiger partial charge in [-0.25, -0.2) is 0 Å². The maximum Gasteiger partial charge on any atom is 0.276 e. The molecule has 1 aromatic heterocycles. The summed E-state index contributed by atoms with van der Waals surface area (Å²) in [5.74, 6) is -0.417. The molecule has 31 heavy (non-hydrogen) atoms. The summed E-state index contributed by atoms with van der Waals surface area (Å²) in [4.78, 5) is 20.1. The van der Waals surface area contributed by atoms with Crippen molar-refractivity contribution in [3.8, 4) is 0 Å². The summed E-state index contributed by atoms with van der Waals surface area (Å²) in [6.07, 6.45) is 3.46. The Labute approximate surface area is 187 Å². The van der Waals surface area contributed by atoms with E-state index in [1.165, 1.54) is 0 Å². The first-order chi connectivity index (χ1) is 15.0. The number of H-pyrrole nitrogens is 1. The van der Waals surface area contributed by atoms with E-state index in [0.29, 0.717) is 13.0 Å². The first-order valence-corrected chi connectivity index (χ1v) is 11.5. The summed E-state index contributed by atoms with van der Waals surface area (Å²) in [5, 5.41) is 20.7. The Bertz CT molecular complexity index is 906. The maximum atomic E-state index is 12.6. The van der Waals surface area contributed by atoms with E-state index in [0.717, 1.165) is 67.4 Å². The van der Waals surface area contributed by atoms with E-state index >= 15 is 0 Å². The van der Waals surface area contributed by atoms with E-state index < -0.39 is 5.91 Å². The fourth-order valence-electron chi connectivity index (χ4n) is 3.72. The topological polar surface area (TPSA) is 108 Å². The first kappa shape index (κ1) is 23.3. The molecule has 1 aliphatic rings. The number of methoxy groups -OCH3 is 1. The molecule has 0 bridgehead atoms. The largest absolute Gasteiger partial charge is 0.383 e. The van der Waals surface area contributed by atoms with Crippen molar-refractivity contribution < 1.29 is 9.53 Å². The zero-order valence-corrected chi connectivity index (χ0v) is 19.1. The molecule has 1 amide bonds. The number of benzene rings is 1. The number of hydrogen-bond donors (Lipinski definition) is 4. The molecule has 1 saturated heterocycles. The molecule has 1 aliphatic heterocycles. The predicted molar refractivity (Wildman–Crippen MR) is 127 cm³/mol. The van der Waals surface area contributed by atoms with Gasteiger partial charge in [-0.2, -0.15) is 0 Å². The molecular weight excluding hydrogens is 412 g/mol. The van der Waals surface area contributed by atoms with Gasteiger partial charge < -0.3 is 19.9 Å². The number of carbonyl (C=O) groups is 1. The Morgan fingerprint density at radius 1 is 1.26 bits per heavy atom. The van der Waals surface area contributed by atoms with E-state index in [1.807, 2.05) is 36.2 Å². The second-order valence-corrected chi connectivity index (χ2v) is 8.70. The lowest BCUT2D eigenvalue weighted by Gasteiger charge is -2.35. The van der Waals surface area contributed by atoms with Gasteiger partial charge in [-0.3, -0.25) is 20.5 Å². The second kappa shape index (κ2) is 11.3. The van der Waals surface area contributed by atoms with Gasteiger partial charge in [-0.05, 0) is 36.2 Å². The number of nitrogens with zero attached hydrogens (tertiary/aromatic N) is 2. The van der Waals surface area contributed by atoms with Gasteiger partial charge in [0, 0.05) is 63.0 Å². The number of para-hydroxylation sites is 1. The molecule has 1 aromatic carbocycles. The minimum Gasteiger partial charge on any atom is -0.383 e. The van der Waals surface area contributed by atoms with Gasteiger partial charge >= 0.3 is 0 Å². The number of amidine groups is 1. The van der Waals surface area contributed by atoms with Crippen molar-refractivity contribution in [1.82, 2.24) is 20.1 Å². The van der Waals surface area contributed by atoms with Crippen LogP contribution in [0, 0.1) is 10.8 Å². The molecule has 0 saturated carbocycles. The third-order valence-electron chi connectivity index (χ3n) is 5.65. The maximum absolute atomic E-state index is 12.6. The van der Waals surface area contributed by atoms with Crippen molar-refractivity contribution in [2.24, 2.45) is 0 Å². The zero-order valence-electron chi connectivity index (χ0n) is 18.2. The van der Waals surface area contributed by atoms with Crippen LogP contribution in [-0.2, 0) is 16.0 Å². The van der Waals surface area contributed by atoms with Crippen molar-refractivity contribution in [3.05, 3.63) is 36.0 Å². The molecule has 1 atom stereocenters. The number of carbonyl (C=O) groups excluding carboxylic acids is 1. The number of piperazine rings is 1. The van der Waals surface area contributed by atoms with Crippen molar-refractivity contribution in [3.63, 3.8) is 0 Å². The molecule has 2 heterocycles. The Morgan fingerprint density at radius 3 is 2.71 bits per heavy atom. The summed E-state index contributed by atoms with van der Waals surface area (Å²) in [6, 6.07) is 8.05. The average molecular weight is 445 g/mol. The number of hydrogen-bond acceptors (Lipinski definition) is 6. The molecule has 168 valence electrons. The van der Waals surface area contributed by atoms with Gasteiger partial charge in [0.2, 0.25) is 0 Å². The van der Waals surface area contributed by atoms with Gasteiger partial charge in [0.25, 0.3) is 5.91 Å². The molecular formula is C22H32N6O2S. The quantitative estimate of drug-likeness (QED) is 0.388. The smallest absolute Gasteiger partial charge is 0.276 e. The van der Waals surface area contributed by atoms with E-state index in [2.05, 4.69) is 21.3 Å². The molecule has 2 aromatic rings. The third kappa shape index (κ3) is 6.32. The molecule has 1 unspecified atom stereocenters. The zero-order chi connectivity index (χ0) is 22.2. The summed E-state index contributed by atoms with van der Waals surface area (Å²) < 4.78 is 5.12. The van der Waals surface area contributed by atoms with Gasteiger partial charge in [0.1, 0.15) is 0 Å². The monoisotopic (exact) mass is 444 g/mol. The lowest BCUT2D eigenvalue weighted by molar-refractivity contribution is -0.115. The number of thioether (sulfide) groups is 1. The van der Waals surface area contributed by atoms with Crippen LogP contribution >= 0.6 is 11.8 Å². The molecule has 1 fully saturated rings. The molecule has 0 aliphatic carbocycles. The van der Waals surface area contributed by atoms with Crippen LogP contribution in [0.1, 0.15) is 18.9 Å². The van der Waals surface area contributed by atoms with Gasteiger partial charge in [0.05, 0.1) is 6.61 Å². The number of nitrogens with one attached hydrogen (secondary N) is 4. The van der Waals surface area contributed by atoms with E-state index in [9.17, 15) is 4.79 Å².